The van der Waals surface area contributed by atoms with E-state index in [1.165, 1.54) is 68.9 Å². The SMILES string of the molecule is CC#Cc1ccc(C)cc1.CC1N=N[N+](C)=N1.Cc1ccc(C)cc1.Cc1ccc(C)o1.Cc1ccc(C)s1.Cc1cnc(C)o1.Cc1cnc(C)o1.Cc1cnc(C)s1.Cc1cnc(C)s1.Cc1coc(C)n1.Cc1coc(C)n1.Cc1csc(C)n1.Cc1csc(C)n1.Cc1nnc(C)o1.Cc1nnc(C)s1.Cc1nnn(C)n1.Cc1noc(C)n1.Cc1noc(C)n1.Cc1nsc(C)n1.Cc1nsc(C)n1. The number of azo groups is 1. The van der Waals surface area contributed by atoms with E-state index in [9.17, 15) is 0 Å². The first-order valence-electron chi connectivity index (χ1n) is 44.7. The maximum atomic E-state index is 5.08. The summed E-state index contributed by atoms with van der Waals surface area (Å²) in [5, 5.41) is 56.9. The highest BCUT2D eigenvalue weighted by Crippen LogP contribution is 2.15. The molecule has 1 aliphatic rings. The van der Waals surface area contributed by atoms with Crippen molar-refractivity contribution in [2.45, 2.75) is 269 Å². The van der Waals surface area contributed by atoms with Gasteiger partial charge < -0.3 is 35.5 Å². The standard InChI is InChI=1S/C10H10.C8H10.C6H8O.C6H8S.4C5H7NO.4C5H7NS.3C4H6N2O.3C4H6N2S.C3H7N4.C3H6N4/c1-3-4-10-7-5-9(2)6-8-10;1-7-3-5-8(2)6-4-7;2*1-5-3-4-6(2)7-5;2*1-4-3-7-5(2)6-4;2*1-4-3-6-5(2)7-4;2*1-4-3-7-5(2)6-4;2*1-4-3-6-5(2)7-4;1-3-5-6-4(2)7-3;2*1-3-5-4(2)7-6-3;1-3-5-6-4(2)7-3;2*1-3-5-4(2)7-6-3;2*1-3-4-6-7(2)5-3/h5-8H,1-2H3;3-6H,1-2H3;2*3-4H,1-2H3;8*3H,1-2H3;6*1-2H3;3H,1-2H3;1-2H3/q;;;;;;;;;;;;;;;;;;+1;. The first kappa shape index (κ1) is 129. The Kier molecular flexibility index (Phi) is 65.9. The van der Waals surface area contributed by atoms with Gasteiger partial charge in [0.15, 0.2) is 46.3 Å². The third-order valence-corrected chi connectivity index (χ3v) is 21.8. The lowest BCUT2D eigenvalue weighted by molar-refractivity contribution is -0.570. The molecule has 2 aromatic carbocycles. The Bertz CT molecular complexity index is 5010. The Hall–Kier alpha value is -13.3. The molecule has 17 aromatic heterocycles. The van der Waals surface area contributed by atoms with Crippen LogP contribution in [0.25, 0.3) is 0 Å². The van der Waals surface area contributed by atoms with E-state index >= 15 is 0 Å². The predicted molar refractivity (Wildman–Crippen MR) is 578 cm³/mol. The molecule has 1 aliphatic heterocycles. The average molecular weight is 2120 g/mol. The number of rotatable bonds is 0. The second kappa shape index (κ2) is 73.7. The van der Waals surface area contributed by atoms with Crippen LogP contribution in [0.3, 0.4) is 0 Å². The van der Waals surface area contributed by atoms with Crippen LogP contribution in [0, 0.1) is 261 Å². The fourth-order valence-corrected chi connectivity index (χ4v) is 14.4. The fourth-order valence-electron chi connectivity index (χ4n) is 9.50. The summed E-state index contributed by atoms with van der Waals surface area (Å²) in [7, 11) is 3.49. The van der Waals surface area contributed by atoms with Crippen molar-refractivity contribution in [1.29, 1.82) is 0 Å². The van der Waals surface area contributed by atoms with Crippen LogP contribution in [0.4, 0.5) is 0 Å². The molecule has 1 unspecified atom stereocenters. The Morgan fingerprint density at radius 3 is 0.861 bits per heavy atom. The van der Waals surface area contributed by atoms with Crippen LogP contribution in [0.5, 0.6) is 0 Å². The highest BCUT2D eigenvalue weighted by Gasteiger charge is 2.13. The Labute approximate surface area is 879 Å². The van der Waals surface area contributed by atoms with E-state index in [0.717, 1.165) is 127 Å². The van der Waals surface area contributed by atoms with Gasteiger partial charge in [0, 0.05) is 122 Å². The minimum Gasteiger partial charge on any atom is -0.467 e. The molecule has 776 valence electrons. The first-order valence-corrected chi connectivity index (χ1v) is 51.2. The zero-order valence-electron chi connectivity index (χ0n) is 90.7. The Balaban J connectivity index is 0.000000758. The number of hydrogen-bond acceptors (Lipinski definition) is 42. The molecule has 0 saturated carbocycles. The van der Waals surface area contributed by atoms with Crippen molar-refractivity contribution < 1.29 is 40.4 Å². The summed E-state index contributed by atoms with van der Waals surface area (Å²) >= 11 is 13.2. The zero-order valence-corrected chi connectivity index (χ0v) is 97.2. The number of hydrogen-bond donors (Lipinski definition) is 0. The molecule has 36 nitrogen and oxygen atoms in total. The third-order valence-electron chi connectivity index (χ3n) is 15.2. The molecule has 0 fully saturated rings. The molecule has 0 spiro atoms. The highest BCUT2D eigenvalue weighted by molar-refractivity contribution is 7.12. The van der Waals surface area contributed by atoms with Gasteiger partial charge in [-0.15, -0.1) is 105 Å². The van der Waals surface area contributed by atoms with Crippen LogP contribution in [-0.2, 0) is 7.05 Å². The molecule has 0 N–H and O–H groups in total. The van der Waals surface area contributed by atoms with Gasteiger partial charge in [0.2, 0.25) is 23.6 Å². The van der Waals surface area contributed by atoms with Crippen molar-refractivity contribution in [1.82, 2.24) is 119 Å². The number of thiophene rings is 1. The number of oxazole rings is 4. The summed E-state index contributed by atoms with van der Waals surface area (Å²) in [6, 6.07) is 24.9. The minimum absolute atomic E-state index is 0.0324. The summed E-state index contributed by atoms with van der Waals surface area (Å²) in [4.78, 5) is 55.9. The Morgan fingerprint density at radius 2 is 0.736 bits per heavy atom. The molecule has 0 bridgehead atoms. The maximum absolute atomic E-state index is 5.08. The van der Waals surface area contributed by atoms with Crippen molar-refractivity contribution in [3.63, 3.8) is 0 Å². The van der Waals surface area contributed by atoms with Crippen LogP contribution in [0.1, 0.15) is 218 Å². The fraction of sp³-hybridized carbons (Fsp3) is 0.410. The largest absolute Gasteiger partial charge is 0.467 e. The van der Waals surface area contributed by atoms with Crippen molar-refractivity contribution in [2.75, 3.05) is 7.05 Å². The molecule has 0 radical (unpaired) electrons. The topological polar surface area (TPSA) is 447 Å². The quantitative estimate of drug-likeness (QED) is 0.100. The van der Waals surface area contributed by atoms with E-state index in [2.05, 4.69) is 259 Å². The lowest BCUT2D eigenvalue weighted by Crippen LogP contribution is -1.91. The maximum Gasteiger partial charge on any atom is 0.292 e. The van der Waals surface area contributed by atoms with Gasteiger partial charge >= 0.3 is 0 Å². The molecular weight excluding hydrogens is 1980 g/mol. The van der Waals surface area contributed by atoms with Gasteiger partial charge in [-0.25, -0.2) is 49.8 Å². The zero-order chi connectivity index (χ0) is 108. The van der Waals surface area contributed by atoms with Crippen molar-refractivity contribution in [3.05, 3.63) is 325 Å². The van der Waals surface area contributed by atoms with Gasteiger partial charge in [0.1, 0.15) is 74.3 Å². The van der Waals surface area contributed by atoms with E-state index in [0.29, 0.717) is 41.0 Å². The van der Waals surface area contributed by atoms with E-state index in [4.69, 9.17) is 26.5 Å². The van der Waals surface area contributed by atoms with Crippen LogP contribution < -0.4 is 0 Å². The van der Waals surface area contributed by atoms with Gasteiger partial charge in [0.25, 0.3) is 6.17 Å². The van der Waals surface area contributed by atoms with Gasteiger partial charge in [-0.3, -0.25) is 0 Å². The lowest BCUT2D eigenvalue weighted by Gasteiger charge is -1.90. The number of aromatic nitrogens is 24. The van der Waals surface area contributed by atoms with Gasteiger partial charge in [-0.2, -0.15) is 23.5 Å². The number of tetrazole rings is 1. The summed E-state index contributed by atoms with van der Waals surface area (Å²) in [6.45, 7) is 73.2. The van der Waals surface area contributed by atoms with Crippen LogP contribution in [0.15, 0.2) is 172 Å². The van der Waals surface area contributed by atoms with Crippen LogP contribution in [-0.4, -0.2) is 137 Å². The van der Waals surface area contributed by atoms with Crippen LogP contribution >= 0.6 is 91.1 Å². The second-order valence-corrected chi connectivity index (χ2v) is 40.4. The molecular formula is C100H141N28O8S8+. The number of benzene rings is 2. The summed E-state index contributed by atoms with van der Waals surface area (Å²) in [5.41, 5.74) is 9.17. The molecule has 144 heavy (non-hydrogen) atoms. The predicted octanol–water partition coefficient (Wildman–Crippen LogP) is 27.0. The summed E-state index contributed by atoms with van der Waals surface area (Å²) < 4.78 is 46.7. The van der Waals surface area contributed by atoms with Crippen LogP contribution in [0.2, 0.25) is 0 Å². The summed E-state index contributed by atoms with van der Waals surface area (Å²) in [5.74, 6) is 18.8. The van der Waals surface area contributed by atoms with Crippen molar-refractivity contribution in [2.24, 2.45) is 22.5 Å². The Morgan fingerprint density at radius 1 is 0.333 bits per heavy atom. The number of thiazole rings is 4. The van der Waals surface area contributed by atoms with Gasteiger partial charge in [0.05, 0.1) is 56.0 Å². The second-order valence-electron chi connectivity index (χ2n) is 30.6. The molecule has 0 aliphatic carbocycles. The van der Waals surface area contributed by atoms with E-state index in [1.54, 1.807) is 144 Å². The third kappa shape index (κ3) is 71.2. The lowest BCUT2D eigenvalue weighted by atomic mass is 10.2. The molecule has 1 atom stereocenters. The molecule has 20 rings (SSSR count). The first-order chi connectivity index (χ1) is 67.8. The highest BCUT2D eigenvalue weighted by atomic mass is 32.1. The van der Waals surface area contributed by atoms with E-state index in [1.807, 2.05) is 214 Å². The van der Waals surface area contributed by atoms with Crippen molar-refractivity contribution in [3.8, 4) is 11.8 Å². The number of aryl methyl sites for hydroxylation is 37. The van der Waals surface area contributed by atoms with Gasteiger partial charge in [-0.05, 0) is 275 Å². The molecule has 44 heteroatoms. The monoisotopic (exact) mass is 2120 g/mol. The molecule has 0 amide bonds. The summed E-state index contributed by atoms with van der Waals surface area (Å²) in [6.07, 6.45) is 10.5. The smallest absolute Gasteiger partial charge is 0.292 e. The van der Waals surface area contributed by atoms with Gasteiger partial charge in [-0.1, -0.05) is 69.3 Å². The van der Waals surface area contributed by atoms with Crippen molar-refractivity contribution >= 4 is 91.1 Å². The molecule has 0 saturated heterocycles. The minimum atomic E-state index is 0.0324. The van der Waals surface area contributed by atoms with E-state index in [-0.39, 0.29) is 6.17 Å². The normalized spacial score (nSPS) is 10.2. The number of furan rings is 1. The number of nitrogens with zero attached hydrogens (tertiary/aromatic N) is 28. The van der Waals surface area contributed by atoms with E-state index < -0.39 is 0 Å². The molecule has 18 heterocycles. The average Bonchev–Trinajstić information content (AvgIpc) is 1.84. The molecule has 19 aromatic rings.